The maximum atomic E-state index is 12.5. The van der Waals surface area contributed by atoms with Gasteiger partial charge in [-0.2, -0.15) is 0 Å². The van der Waals surface area contributed by atoms with Crippen LogP contribution in [-0.2, 0) is 10.0 Å². The van der Waals surface area contributed by atoms with Crippen molar-refractivity contribution in [2.24, 2.45) is 0 Å². The number of benzene rings is 3. The Morgan fingerprint density at radius 2 is 1.57 bits per heavy atom. The van der Waals surface area contributed by atoms with E-state index in [1.807, 2.05) is 42.5 Å². The number of carbonyl (C=O) groups is 1. The van der Waals surface area contributed by atoms with Gasteiger partial charge in [0.25, 0.3) is 5.91 Å². The van der Waals surface area contributed by atoms with Gasteiger partial charge in [-0.3, -0.25) is 4.79 Å². The number of fused-ring (bicyclic) bond motifs is 1. The van der Waals surface area contributed by atoms with Crippen molar-refractivity contribution < 1.29 is 17.8 Å². The van der Waals surface area contributed by atoms with Gasteiger partial charge in [0.2, 0.25) is 10.0 Å². The SMILES string of the molecule is O=C(NCCNS(=O)(=O)c1cccc2nonc12)c1ccc(-c2ccccc2)cc1. The highest BCUT2D eigenvalue weighted by molar-refractivity contribution is 7.89. The van der Waals surface area contributed by atoms with Crippen LogP contribution in [0.1, 0.15) is 10.4 Å². The molecule has 0 radical (unpaired) electrons. The van der Waals surface area contributed by atoms with Crippen LogP contribution in [0, 0.1) is 0 Å². The van der Waals surface area contributed by atoms with E-state index in [1.54, 1.807) is 24.3 Å². The molecular weight excluding hydrogens is 404 g/mol. The van der Waals surface area contributed by atoms with Gasteiger partial charge in [0.05, 0.1) is 0 Å². The summed E-state index contributed by atoms with van der Waals surface area (Å²) < 4.78 is 32.0. The smallest absolute Gasteiger partial charge is 0.251 e. The molecule has 152 valence electrons. The van der Waals surface area contributed by atoms with Crippen LogP contribution in [-0.4, -0.2) is 37.7 Å². The third-order valence-electron chi connectivity index (χ3n) is 4.50. The monoisotopic (exact) mass is 422 g/mol. The van der Waals surface area contributed by atoms with E-state index in [2.05, 4.69) is 25.0 Å². The molecule has 1 heterocycles. The summed E-state index contributed by atoms with van der Waals surface area (Å²) in [5.41, 5.74) is 3.08. The highest BCUT2D eigenvalue weighted by atomic mass is 32.2. The molecule has 0 unspecified atom stereocenters. The van der Waals surface area contributed by atoms with E-state index in [9.17, 15) is 13.2 Å². The average molecular weight is 422 g/mol. The van der Waals surface area contributed by atoms with Crippen LogP contribution >= 0.6 is 0 Å². The first-order valence-electron chi connectivity index (χ1n) is 9.19. The second kappa shape index (κ2) is 8.44. The highest BCUT2D eigenvalue weighted by Crippen LogP contribution is 2.20. The number of amides is 1. The zero-order valence-corrected chi connectivity index (χ0v) is 16.6. The Morgan fingerprint density at radius 3 is 2.33 bits per heavy atom. The Labute approximate surface area is 172 Å². The molecule has 0 aliphatic heterocycles. The van der Waals surface area contributed by atoms with Crippen molar-refractivity contribution in [3.63, 3.8) is 0 Å². The zero-order valence-electron chi connectivity index (χ0n) is 15.8. The van der Waals surface area contributed by atoms with Gasteiger partial charge in [0.15, 0.2) is 5.52 Å². The minimum atomic E-state index is -3.82. The normalized spacial score (nSPS) is 11.5. The topological polar surface area (TPSA) is 114 Å². The number of hydrogen-bond donors (Lipinski definition) is 2. The number of nitrogens with one attached hydrogen (secondary N) is 2. The van der Waals surface area contributed by atoms with E-state index in [4.69, 9.17) is 0 Å². The number of carbonyl (C=O) groups excluding carboxylic acids is 1. The molecule has 0 aliphatic rings. The molecular formula is C21H18N4O4S. The second-order valence-electron chi connectivity index (χ2n) is 6.49. The van der Waals surface area contributed by atoms with Crippen molar-refractivity contribution in [3.05, 3.63) is 78.4 Å². The molecule has 1 aromatic heterocycles. The van der Waals surface area contributed by atoms with E-state index >= 15 is 0 Å². The number of hydrogen-bond acceptors (Lipinski definition) is 6. The first kappa shape index (κ1) is 19.7. The fraction of sp³-hybridized carbons (Fsp3) is 0.0952. The van der Waals surface area contributed by atoms with E-state index in [-0.39, 0.29) is 29.4 Å². The maximum Gasteiger partial charge on any atom is 0.251 e. The van der Waals surface area contributed by atoms with Gasteiger partial charge in [0, 0.05) is 18.7 Å². The second-order valence-corrected chi connectivity index (χ2v) is 8.22. The number of rotatable bonds is 7. The van der Waals surface area contributed by atoms with Crippen LogP contribution in [0.2, 0.25) is 0 Å². The van der Waals surface area contributed by atoms with Crippen LogP contribution in [0.25, 0.3) is 22.2 Å². The van der Waals surface area contributed by atoms with Crippen molar-refractivity contribution in [2.75, 3.05) is 13.1 Å². The standard InChI is InChI=1S/C21H18N4O4S/c26-21(17-11-9-16(10-12-17)15-5-2-1-3-6-15)22-13-14-23-30(27,28)19-8-4-7-18-20(19)25-29-24-18/h1-12,23H,13-14H2,(H,22,26). The van der Waals surface area contributed by atoms with Gasteiger partial charge in [0.1, 0.15) is 10.4 Å². The lowest BCUT2D eigenvalue weighted by atomic mass is 10.0. The van der Waals surface area contributed by atoms with Gasteiger partial charge in [-0.1, -0.05) is 48.5 Å². The molecule has 0 spiro atoms. The molecule has 30 heavy (non-hydrogen) atoms. The Morgan fingerprint density at radius 1 is 0.833 bits per heavy atom. The van der Waals surface area contributed by atoms with Gasteiger partial charge in [-0.25, -0.2) is 17.8 Å². The largest absolute Gasteiger partial charge is 0.351 e. The Hall–Kier alpha value is -3.56. The number of sulfonamides is 1. The van der Waals surface area contributed by atoms with Crippen molar-refractivity contribution in [1.82, 2.24) is 20.4 Å². The van der Waals surface area contributed by atoms with Gasteiger partial charge < -0.3 is 5.32 Å². The lowest BCUT2D eigenvalue weighted by Gasteiger charge is -2.09. The third kappa shape index (κ3) is 4.22. The van der Waals surface area contributed by atoms with Crippen LogP contribution in [0.4, 0.5) is 0 Å². The van der Waals surface area contributed by atoms with Crippen molar-refractivity contribution >= 4 is 27.0 Å². The van der Waals surface area contributed by atoms with E-state index in [0.29, 0.717) is 11.1 Å². The molecule has 3 aromatic carbocycles. The molecule has 1 amide bonds. The fourth-order valence-electron chi connectivity index (χ4n) is 2.98. The lowest BCUT2D eigenvalue weighted by Crippen LogP contribution is -2.34. The first-order chi connectivity index (χ1) is 14.5. The minimum absolute atomic E-state index is 0.0240. The summed E-state index contributed by atoms with van der Waals surface area (Å²) in [5, 5.41) is 9.97. The Kier molecular flexibility index (Phi) is 5.55. The molecule has 0 bridgehead atoms. The summed E-state index contributed by atoms with van der Waals surface area (Å²) in [6.07, 6.45) is 0. The zero-order chi connectivity index (χ0) is 21.0. The third-order valence-corrected chi connectivity index (χ3v) is 5.99. The summed E-state index contributed by atoms with van der Waals surface area (Å²) in [6.45, 7) is 0.156. The Balaban J connectivity index is 1.33. The molecule has 0 saturated heterocycles. The summed E-state index contributed by atoms with van der Waals surface area (Å²) in [4.78, 5) is 12.3. The summed E-state index contributed by atoms with van der Waals surface area (Å²) in [5.74, 6) is -0.281. The predicted octanol–water partition coefficient (Wildman–Crippen LogP) is 2.60. The van der Waals surface area contributed by atoms with Crippen LogP contribution in [0.5, 0.6) is 0 Å². The summed E-state index contributed by atoms with van der Waals surface area (Å²) >= 11 is 0. The molecule has 9 heteroatoms. The molecule has 0 saturated carbocycles. The molecule has 0 aliphatic carbocycles. The number of nitrogens with zero attached hydrogens (tertiary/aromatic N) is 2. The molecule has 0 atom stereocenters. The summed E-state index contributed by atoms with van der Waals surface area (Å²) in [7, 11) is -3.82. The van der Waals surface area contributed by atoms with Crippen molar-refractivity contribution in [2.45, 2.75) is 4.90 Å². The van der Waals surface area contributed by atoms with Crippen LogP contribution in [0.15, 0.2) is 82.3 Å². The quantitative estimate of drug-likeness (QED) is 0.443. The molecule has 0 fully saturated rings. The highest BCUT2D eigenvalue weighted by Gasteiger charge is 2.19. The maximum absolute atomic E-state index is 12.5. The van der Waals surface area contributed by atoms with Crippen molar-refractivity contribution in [3.8, 4) is 11.1 Å². The molecule has 8 nitrogen and oxygen atoms in total. The average Bonchev–Trinajstić information content (AvgIpc) is 3.26. The molecule has 4 rings (SSSR count). The van der Waals surface area contributed by atoms with Crippen molar-refractivity contribution in [1.29, 1.82) is 0 Å². The molecule has 2 N–H and O–H groups in total. The molecule has 4 aromatic rings. The van der Waals surface area contributed by atoms with E-state index in [0.717, 1.165) is 11.1 Å². The predicted molar refractivity (Wildman–Crippen MR) is 111 cm³/mol. The Bertz CT molecular complexity index is 1270. The number of aromatic nitrogens is 2. The van der Waals surface area contributed by atoms with E-state index in [1.165, 1.54) is 6.07 Å². The summed E-state index contributed by atoms with van der Waals surface area (Å²) in [6, 6.07) is 21.7. The lowest BCUT2D eigenvalue weighted by molar-refractivity contribution is 0.0954. The van der Waals surface area contributed by atoms with Gasteiger partial charge in [-0.15, -0.1) is 0 Å². The van der Waals surface area contributed by atoms with Crippen LogP contribution in [0.3, 0.4) is 0 Å². The van der Waals surface area contributed by atoms with E-state index < -0.39 is 10.0 Å². The minimum Gasteiger partial charge on any atom is -0.351 e. The van der Waals surface area contributed by atoms with Gasteiger partial charge >= 0.3 is 0 Å². The fourth-order valence-corrected chi connectivity index (χ4v) is 4.16. The van der Waals surface area contributed by atoms with Gasteiger partial charge in [-0.05, 0) is 45.7 Å². The first-order valence-corrected chi connectivity index (χ1v) is 10.7. The van der Waals surface area contributed by atoms with Crippen LogP contribution < -0.4 is 10.0 Å².